The van der Waals surface area contributed by atoms with Crippen LogP contribution in [0.4, 0.5) is 0 Å². The largest absolute Gasteiger partial charge is 0.395 e. The van der Waals surface area contributed by atoms with Gasteiger partial charge < -0.3 is 15.7 Å². The maximum atomic E-state index is 12.3. The first-order valence-corrected chi connectivity index (χ1v) is 7.18. The second kappa shape index (κ2) is 7.74. The van der Waals surface area contributed by atoms with Crippen LogP contribution < -0.4 is 5.73 Å². The van der Waals surface area contributed by atoms with E-state index in [1.165, 1.54) is 6.42 Å². The van der Waals surface area contributed by atoms with Crippen LogP contribution in [0.3, 0.4) is 0 Å². The molecule has 0 aromatic rings. The number of aliphatic hydroxyl groups excluding tert-OH is 1. The monoisotopic (exact) mass is 256 g/mol. The van der Waals surface area contributed by atoms with Gasteiger partial charge in [-0.2, -0.15) is 0 Å². The Morgan fingerprint density at radius 3 is 2.50 bits per heavy atom. The molecule has 0 saturated heterocycles. The zero-order valence-electron chi connectivity index (χ0n) is 11.8. The summed E-state index contributed by atoms with van der Waals surface area (Å²) in [7, 11) is 0. The summed E-state index contributed by atoms with van der Waals surface area (Å²) in [5.74, 6) is 1.02. The van der Waals surface area contributed by atoms with Crippen molar-refractivity contribution < 1.29 is 9.90 Å². The summed E-state index contributed by atoms with van der Waals surface area (Å²) in [5.41, 5.74) is 5.75. The molecule has 0 aliphatic heterocycles. The highest BCUT2D eigenvalue weighted by atomic mass is 16.3. The molecule has 4 nitrogen and oxygen atoms in total. The molecule has 1 aliphatic carbocycles. The first-order chi connectivity index (χ1) is 8.58. The maximum Gasteiger partial charge on any atom is 0.223 e. The molecule has 18 heavy (non-hydrogen) atoms. The molecule has 1 rings (SSSR count). The van der Waals surface area contributed by atoms with Gasteiger partial charge >= 0.3 is 0 Å². The first-order valence-electron chi connectivity index (χ1n) is 7.18. The van der Waals surface area contributed by atoms with Crippen molar-refractivity contribution in [3.8, 4) is 0 Å². The molecule has 1 amide bonds. The fourth-order valence-corrected chi connectivity index (χ4v) is 2.61. The lowest BCUT2D eigenvalue weighted by molar-refractivity contribution is -0.137. The third kappa shape index (κ3) is 4.58. The minimum Gasteiger partial charge on any atom is -0.395 e. The quantitative estimate of drug-likeness (QED) is 0.689. The standard InChI is InChI=1S/C14H28N2O2/c1-11(2)8-12(10-15)9-14(18)16(6-7-17)13-4-3-5-13/h11-13,17H,3-10,15H2,1-2H3/t12-/m0/s1. The summed E-state index contributed by atoms with van der Waals surface area (Å²) in [6.45, 7) is 5.42. The second-order valence-electron chi connectivity index (χ2n) is 5.83. The molecule has 0 aromatic carbocycles. The average Bonchev–Trinajstić information content (AvgIpc) is 2.24. The van der Waals surface area contributed by atoms with Crippen LogP contribution in [-0.4, -0.2) is 41.7 Å². The van der Waals surface area contributed by atoms with E-state index in [-0.39, 0.29) is 18.4 Å². The normalized spacial score (nSPS) is 17.6. The van der Waals surface area contributed by atoms with Crippen molar-refractivity contribution >= 4 is 5.91 Å². The molecule has 0 radical (unpaired) electrons. The van der Waals surface area contributed by atoms with E-state index in [1.54, 1.807) is 0 Å². The van der Waals surface area contributed by atoms with Crippen LogP contribution in [0.1, 0.15) is 46.0 Å². The van der Waals surface area contributed by atoms with Crippen molar-refractivity contribution in [2.45, 2.75) is 52.0 Å². The van der Waals surface area contributed by atoms with Gasteiger partial charge in [0, 0.05) is 19.0 Å². The molecule has 1 atom stereocenters. The summed E-state index contributed by atoms with van der Waals surface area (Å²) < 4.78 is 0. The number of rotatable bonds is 8. The molecule has 0 unspecified atom stereocenters. The minimum absolute atomic E-state index is 0.0553. The fraction of sp³-hybridized carbons (Fsp3) is 0.929. The van der Waals surface area contributed by atoms with Gasteiger partial charge in [-0.05, 0) is 44.1 Å². The highest BCUT2D eigenvalue weighted by Gasteiger charge is 2.29. The van der Waals surface area contributed by atoms with Crippen molar-refractivity contribution in [1.82, 2.24) is 4.90 Å². The molecule has 4 heteroatoms. The second-order valence-corrected chi connectivity index (χ2v) is 5.83. The van der Waals surface area contributed by atoms with Gasteiger partial charge in [0.2, 0.25) is 5.91 Å². The third-order valence-corrected chi connectivity index (χ3v) is 3.78. The number of nitrogens with zero attached hydrogens (tertiary/aromatic N) is 1. The fourth-order valence-electron chi connectivity index (χ4n) is 2.61. The Bertz CT molecular complexity index is 252. The lowest BCUT2D eigenvalue weighted by Crippen LogP contribution is -2.46. The van der Waals surface area contributed by atoms with Gasteiger partial charge in [0.15, 0.2) is 0 Å². The number of nitrogens with two attached hydrogens (primary N) is 1. The lowest BCUT2D eigenvalue weighted by atomic mass is 9.89. The van der Waals surface area contributed by atoms with Gasteiger partial charge in [-0.1, -0.05) is 13.8 Å². The molecular formula is C14H28N2O2. The van der Waals surface area contributed by atoms with E-state index in [2.05, 4.69) is 13.8 Å². The number of hydrogen-bond acceptors (Lipinski definition) is 3. The van der Waals surface area contributed by atoms with Crippen LogP contribution in [0.25, 0.3) is 0 Å². The number of carbonyl (C=O) groups is 1. The van der Waals surface area contributed by atoms with E-state index in [0.29, 0.717) is 31.5 Å². The van der Waals surface area contributed by atoms with Gasteiger partial charge in [0.05, 0.1) is 6.61 Å². The Morgan fingerprint density at radius 1 is 1.44 bits per heavy atom. The van der Waals surface area contributed by atoms with Crippen molar-refractivity contribution in [2.24, 2.45) is 17.6 Å². The zero-order chi connectivity index (χ0) is 13.5. The molecule has 106 valence electrons. The Hall–Kier alpha value is -0.610. The van der Waals surface area contributed by atoms with Gasteiger partial charge in [0.1, 0.15) is 0 Å². The Labute approximate surface area is 111 Å². The van der Waals surface area contributed by atoms with E-state index < -0.39 is 0 Å². The summed E-state index contributed by atoms with van der Waals surface area (Å²) in [5, 5.41) is 9.07. The lowest BCUT2D eigenvalue weighted by Gasteiger charge is -2.38. The number of hydrogen-bond donors (Lipinski definition) is 2. The Morgan fingerprint density at radius 2 is 2.11 bits per heavy atom. The minimum atomic E-state index is 0.0553. The first kappa shape index (κ1) is 15.4. The Balaban J connectivity index is 2.48. The number of aliphatic hydroxyl groups is 1. The molecule has 0 heterocycles. The smallest absolute Gasteiger partial charge is 0.223 e. The highest BCUT2D eigenvalue weighted by molar-refractivity contribution is 5.77. The van der Waals surface area contributed by atoms with E-state index in [0.717, 1.165) is 19.3 Å². The molecule has 3 N–H and O–H groups in total. The summed E-state index contributed by atoms with van der Waals surface area (Å²) in [4.78, 5) is 14.1. The zero-order valence-corrected chi connectivity index (χ0v) is 11.8. The van der Waals surface area contributed by atoms with Crippen LogP contribution in [-0.2, 0) is 4.79 Å². The van der Waals surface area contributed by atoms with Gasteiger partial charge in [0.25, 0.3) is 0 Å². The molecule has 0 spiro atoms. The van der Waals surface area contributed by atoms with E-state index >= 15 is 0 Å². The van der Waals surface area contributed by atoms with Crippen molar-refractivity contribution in [1.29, 1.82) is 0 Å². The van der Waals surface area contributed by atoms with Crippen molar-refractivity contribution in [3.05, 3.63) is 0 Å². The predicted molar refractivity (Wildman–Crippen MR) is 73.1 cm³/mol. The van der Waals surface area contributed by atoms with E-state index in [9.17, 15) is 4.79 Å². The number of amides is 1. The average molecular weight is 256 g/mol. The van der Waals surface area contributed by atoms with Gasteiger partial charge in [-0.25, -0.2) is 0 Å². The van der Waals surface area contributed by atoms with Crippen LogP contribution in [0, 0.1) is 11.8 Å². The molecule has 1 fully saturated rings. The van der Waals surface area contributed by atoms with Crippen LogP contribution in [0.2, 0.25) is 0 Å². The summed E-state index contributed by atoms with van der Waals surface area (Å²) in [6, 6.07) is 0.363. The van der Waals surface area contributed by atoms with Gasteiger partial charge in [-0.3, -0.25) is 4.79 Å². The van der Waals surface area contributed by atoms with E-state index in [1.807, 2.05) is 4.90 Å². The molecule has 0 aromatic heterocycles. The molecule has 1 aliphatic rings. The van der Waals surface area contributed by atoms with Crippen molar-refractivity contribution in [2.75, 3.05) is 19.7 Å². The predicted octanol–water partition coefficient (Wildman–Crippen LogP) is 1.37. The van der Waals surface area contributed by atoms with Gasteiger partial charge in [-0.15, -0.1) is 0 Å². The van der Waals surface area contributed by atoms with Crippen LogP contribution in [0.5, 0.6) is 0 Å². The van der Waals surface area contributed by atoms with Crippen LogP contribution >= 0.6 is 0 Å². The topological polar surface area (TPSA) is 66.6 Å². The van der Waals surface area contributed by atoms with E-state index in [4.69, 9.17) is 10.8 Å². The maximum absolute atomic E-state index is 12.3. The number of carbonyl (C=O) groups excluding carboxylic acids is 1. The van der Waals surface area contributed by atoms with Crippen LogP contribution in [0.15, 0.2) is 0 Å². The summed E-state index contributed by atoms with van der Waals surface area (Å²) >= 11 is 0. The summed E-state index contributed by atoms with van der Waals surface area (Å²) in [6.07, 6.45) is 4.91. The third-order valence-electron chi connectivity index (χ3n) is 3.78. The SMILES string of the molecule is CC(C)C[C@H](CN)CC(=O)N(CCO)C1CCC1. The molecule has 1 saturated carbocycles. The van der Waals surface area contributed by atoms with Crippen molar-refractivity contribution in [3.63, 3.8) is 0 Å². The molecule has 0 bridgehead atoms. The highest BCUT2D eigenvalue weighted by Crippen LogP contribution is 2.26. The Kier molecular flexibility index (Phi) is 6.65. The molecular weight excluding hydrogens is 228 g/mol.